The minimum Gasteiger partial charge on any atom is -0.348 e. The Morgan fingerprint density at radius 3 is 2.38 bits per heavy atom. The quantitative estimate of drug-likeness (QED) is 0.615. The van der Waals surface area contributed by atoms with Gasteiger partial charge in [0.05, 0.1) is 9.70 Å². The smallest absolute Gasteiger partial charge is 0.216 e. The summed E-state index contributed by atoms with van der Waals surface area (Å²) in [5.41, 5.74) is 0. The number of hydrogen-bond donors (Lipinski definition) is 0. The second-order valence-corrected chi connectivity index (χ2v) is 4.99. The lowest BCUT2D eigenvalue weighted by Gasteiger charge is -2.32. The van der Waals surface area contributed by atoms with Gasteiger partial charge in [-0.2, -0.15) is 0 Å². The first kappa shape index (κ1) is 11.2. The van der Waals surface area contributed by atoms with Crippen molar-refractivity contribution in [2.24, 2.45) is 0 Å². The molecule has 0 saturated carbocycles. The van der Waals surface area contributed by atoms with Gasteiger partial charge in [0.2, 0.25) is 5.79 Å². The van der Waals surface area contributed by atoms with Crippen molar-refractivity contribution in [3.63, 3.8) is 0 Å². The molecular weight excluding hydrogens is 252 g/mol. The number of ether oxygens (including phenoxy) is 2. The number of hydrogen-bond acceptors (Lipinski definition) is 3. The van der Waals surface area contributed by atoms with E-state index < -0.39 is 5.79 Å². The van der Waals surface area contributed by atoms with Gasteiger partial charge < -0.3 is 9.47 Å². The van der Waals surface area contributed by atoms with Crippen molar-refractivity contribution < 1.29 is 9.47 Å². The topological polar surface area (TPSA) is 18.5 Å². The summed E-state index contributed by atoms with van der Waals surface area (Å²) in [6, 6.07) is 4.00. The van der Waals surface area contributed by atoms with Gasteiger partial charge in [-0.15, -0.1) is 11.3 Å². The molecule has 1 unspecified atom stereocenters. The van der Waals surface area contributed by atoms with Crippen LogP contribution in [0, 0.1) is 0 Å². The molecule has 0 spiro atoms. The average molecular weight is 265 g/mol. The van der Waals surface area contributed by atoms with Gasteiger partial charge in [-0.25, -0.2) is 0 Å². The monoisotopic (exact) mass is 264 g/mol. The highest BCUT2D eigenvalue weighted by atomic mass is 79.9. The molecule has 1 atom stereocenters. The Hall–Kier alpha value is 0.1000. The van der Waals surface area contributed by atoms with Crippen LogP contribution < -0.4 is 0 Å². The van der Waals surface area contributed by atoms with Crippen molar-refractivity contribution >= 4 is 27.3 Å². The minimum absolute atomic E-state index is 0.105. The van der Waals surface area contributed by atoms with Gasteiger partial charge in [-0.3, -0.25) is 0 Å². The second-order valence-electron chi connectivity index (χ2n) is 2.67. The van der Waals surface area contributed by atoms with Crippen LogP contribution in [0.5, 0.6) is 0 Å². The Kier molecular flexibility index (Phi) is 3.91. The lowest BCUT2D eigenvalue weighted by atomic mass is 10.1. The second kappa shape index (κ2) is 4.55. The van der Waals surface area contributed by atoms with E-state index in [1.54, 1.807) is 25.6 Å². The summed E-state index contributed by atoms with van der Waals surface area (Å²) in [7, 11) is 3.31. The molecule has 2 nitrogen and oxygen atoms in total. The molecule has 0 saturated heterocycles. The van der Waals surface area contributed by atoms with E-state index in [2.05, 4.69) is 15.9 Å². The fourth-order valence-corrected chi connectivity index (χ4v) is 3.02. The van der Waals surface area contributed by atoms with Crippen molar-refractivity contribution in [1.29, 1.82) is 0 Å². The molecule has 1 aromatic rings. The molecule has 0 amide bonds. The molecule has 4 heteroatoms. The molecule has 13 heavy (non-hydrogen) atoms. The summed E-state index contributed by atoms with van der Waals surface area (Å²) in [6.45, 7) is 2.01. The molecule has 74 valence electrons. The molecule has 0 aliphatic carbocycles. The lowest BCUT2D eigenvalue weighted by molar-refractivity contribution is -0.209. The number of rotatable bonds is 4. The minimum atomic E-state index is -0.659. The molecule has 0 N–H and O–H groups in total. The highest BCUT2D eigenvalue weighted by Gasteiger charge is 2.38. The molecule has 0 aliphatic heterocycles. The van der Waals surface area contributed by atoms with Gasteiger partial charge in [-0.1, -0.05) is 22.0 Å². The number of methoxy groups -OCH3 is 2. The molecule has 0 aliphatic rings. The molecule has 1 aromatic heterocycles. The maximum Gasteiger partial charge on any atom is 0.216 e. The zero-order valence-electron chi connectivity index (χ0n) is 7.91. The third kappa shape index (κ3) is 1.96. The fourth-order valence-electron chi connectivity index (χ4n) is 1.28. The Morgan fingerprint density at radius 1 is 1.46 bits per heavy atom. The van der Waals surface area contributed by atoms with Crippen LogP contribution in [0.15, 0.2) is 17.5 Å². The third-order valence-corrected chi connectivity index (χ3v) is 3.57. The predicted molar refractivity (Wildman–Crippen MR) is 58.4 cm³/mol. The zero-order chi connectivity index (χ0) is 9.90. The lowest BCUT2D eigenvalue weighted by Crippen LogP contribution is -2.37. The third-order valence-electron chi connectivity index (χ3n) is 1.99. The zero-order valence-corrected chi connectivity index (χ0v) is 10.3. The normalized spacial score (nSPS) is 14.5. The Balaban J connectivity index is 3.03. The van der Waals surface area contributed by atoms with Crippen LogP contribution >= 0.6 is 27.3 Å². The maximum atomic E-state index is 5.43. The molecule has 0 aromatic carbocycles. The van der Waals surface area contributed by atoms with Gasteiger partial charge >= 0.3 is 0 Å². The van der Waals surface area contributed by atoms with Crippen LogP contribution in [0.2, 0.25) is 0 Å². The van der Waals surface area contributed by atoms with Crippen LogP contribution in [0.25, 0.3) is 0 Å². The number of thiophene rings is 1. The van der Waals surface area contributed by atoms with E-state index in [0.29, 0.717) is 0 Å². The Bertz CT molecular complexity index is 242. The van der Waals surface area contributed by atoms with E-state index in [1.165, 1.54) is 0 Å². The molecule has 1 heterocycles. The van der Waals surface area contributed by atoms with Gasteiger partial charge in [-0.05, 0) is 18.4 Å². The van der Waals surface area contributed by atoms with Gasteiger partial charge in [0.1, 0.15) is 0 Å². The number of halogens is 1. The van der Waals surface area contributed by atoms with Gasteiger partial charge in [0, 0.05) is 14.2 Å². The van der Waals surface area contributed by atoms with E-state index >= 15 is 0 Å². The van der Waals surface area contributed by atoms with Crippen molar-refractivity contribution in [3.05, 3.63) is 22.4 Å². The first-order valence-electron chi connectivity index (χ1n) is 3.95. The van der Waals surface area contributed by atoms with Gasteiger partial charge in [0.15, 0.2) is 0 Å². The van der Waals surface area contributed by atoms with Crippen LogP contribution in [0.4, 0.5) is 0 Å². The van der Waals surface area contributed by atoms with Crippen LogP contribution in [0.1, 0.15) is 11.8 Å². The summed E-state index contributed by atoms with van der Waals surface area (Å²) in [5, 5.41) is 2.01. The van der Waals surface area contributed by atoms with Crippen LogP contribution in [-0.2, 0) is 15.3 Å². The van der Waals surface area contributed by atoms with E-state index in [9.17, 15) is 0 Å². The maximum absolute atomic E-state index is 5.43. The summed E-state index contributed by atoms with van der Waals surface area (Å²) < 4.78 is 10.9. The summed E-state index contributed by atoms with van der Waals surface area (Å²) in [5.74, 6) is -0.659. The summed E-state index contributed by atoms with van der Waals surface area (Å²) in [4.78, 5) is 1.18. The molecule has 0 radical (unpaired) electrons. The Morgan fingerprint density at radius 2 is 2.08 bits per heavy atom. The predicted octanol–water partition coefficient (Wildman–Crippen LogP) is 2.98. The standard InChI is InChI=1S/C9H13BrO2S/c1-7(10)9(11-2,12-3)8-5-4-6-13-8/h4-7H,1-3H3. The van der Waals surface area contributed by atoms with Crippen LogP contribution in [-0.4, -0.2) is 19.0 Å². The van der Waals surface area contributed by atoms with Crippen molar-refractivity contribution in [2.45, 2.75) is 17.5 Å². The van der Waals surface area contributed by atoms with E-state index in [1.807, 2.05) is 24.4 Å². The fraction of sp³-hybridized carbons (Fsp3) is 0.556. The first-order chi connectivity index (χ1) is 6.17. The Labute approximate surface area is 91.0 Å². The molecular formula is C9H13BrO2S. The molecule has 1 rings (SSSR count). The van der Waals surface area contributed by atoms with Crippen LogP contribution in [0.3, 0.4) is 0 Å². The van der Waals surface area contributed by atoms with E-state index in [-0.39, 0.29) is 4.83 Å². The SMILES string of the molecule is COC(OC)(c1cccs1)C(C)Br. The van der Waals surface area contributed by atoms with E-state index in [0.717, 1.165) is 4.88 Å². The highest BCUT2D eigenvalue weighted by Crippen LogP contribution is 2.36. The van der Waals surface area contributed by atoms with Crippen molar-refractivity contribution in [2.75, 3.05) is 14.2 Å². The summed E-state index contributed by atoms with van der Waals surface area (Å²) >= 11 is 5.12. The first-order valence-corrected chi connectivity index (χ1v) is 5.75. The van der Waals surface area contributed by atoms with E-state index in [4.69, 9.17) is 9.47 Å². The molecule has 0 fully saturated rings. The average Bonchev–Trinajstić information content (AvgIpc) is 2.60. The van der Waals surface area contributed by atoms with Crippen molar-refractivity contribution in [1.82, 2.24) is 0 Å². The largest absolute Gasteiger partial charge is 0.348 e. The number of alkyl halides is 1. The van der Waals surface area contributed by atoms with Crippen molar-refractivity contribution in [3.8, 4) is 0 Å². The van der Waals surface area contributed by atoms with Gasteiger partial charge in [0.25, 0.3) is 0 Å². The molecule has 0 bridgehead atoms. The summed E-state index contributed by atoms with van der Waals surface area (Å²) in [6.07, 6.45) is 0. The highest BCUT2D eigenvalue weighted by molar-refractivity contribution is 9.09.